The van der Waals surface area contributed by atoms with E-state index in [2.05, 4.69) is 33.2 Å². The molecule has 3 N–H and O–H groups in total. The lowest BCUT2D eigenvalue weighted by molar-refractivity contribution is -0.137. The van der Waals surface area contributed by atoms with Gasteiger partial charge in [-0.05, 0) is 40.6 Å². The third kappa shape index (κ3) is 5.46. The summed E-state index contributed by atoms with van der Waals surface area (Å²) >= 11 is 2.12. The molecule has 0 aliphatic heterocycles. The van der Waals surface area contributed by atoms with E-state index in [-0.39, 0.29) is 24.4 Å². The number of anilines is 1. The van der Waals surface area contributed by atoms with Gasteiger partial charge >= 0.3 is 12.0 Å². The van der Waals surface area contributed by atoms with Crippen molar-refractivity contribution in [3.8, 4) is 0 Å². The summed E-state index contributed by atoms with van der Waals surface area (Å²) < 4.78 is 0.926. The molecular formula is C13H17IN2O3. The molecule has 0 saturated heterocycles. The van der Waals surface area contributed by atoms with Gasteiger partial charge in [-0.15, -0.1) is 0 Å². The Labute approximate surface area is 125 Å². The molecule has 1 atom stereocenters. The normalized spacial score (nSPS) is 12.0. The highest BCUT2D eigenvalue weighted by Gasteiger charge is 2.19. The number of urea groups is 1. The number of nitrogens with one attached hydrogen (secondary N) is 2. The molecule has 0 aliphatic carbocycles. The number of carbonyl (C=O) groups excluding carboxylic acids is 1. The van der Waals surface area contributed by atoms with Crippen LogP contribution in [0.3, 0.4) is 0 Å². The highest BCUT2D eigenvalue weighted by molar-refractivity contribution is 14.1. The molecule has 0 radical (unpaired) electrons. The number of benzene rings is 1. The quantitative estimate of drug-likeness (QED) is 0.692. The fourth-order valence-corrected chi connectivity index (χ4v) is 2.05. The standard InChI is InChI=1S/C13H17IN2O3/c1-8(2)11(7-12(17)18)16-13(19)15-10-6-4-3-5-9(10)14/h3-6,8,11H,7H2,1-2H3,(H,17,18)(H2,15,16,19). The van der Waals surface area contributed by atoms with E-state index in [1.54, 1.807) is 6.07 Å². The lowest BCUT2D eigenvalue weighted by Crippen LogP contribution is -2.42. The molecule has 6 heteroatoms. The van der Waals surface area contributed by atoms with Crippen molar-refractivity contribution in [2.75, 3.05) is 5.32 Å². The summed E-state index contributed by atoms with van der Waals surface area (Å²) in [6, 6.07) is 6.61. The summed E-state index contributed by atoms with van der Waals surface area (Å²) in [6.45, 7) is 3.75. The van der Waals surface area contributed by atoms with Gasteiger partial charge in [0.05, 0.1) is 12.1 Å². The van der Waals surface area contributed by atoms with Crippen LogP contribution in [-0.4, -0.2) is 23.1 Å². The Morgan fingerprint density at radius 2 is 1.95 bits per heavy atom. The smallest absolute Gasteiger partial charge is 0.319 e. The monoisotopic (exact) mass is 376 g/mol. The Bertz CT molecular complexity index is 463. The first-order valence-electron chi connectivity index (χ1n) is 5.94. The molecule has 0 saturated carbocycles. The second kappa shape index (κ2) is 7.32. The average Bonchev–Trinajstić information content (AvgIpc) is 2.30. The van der Waals surface area contributed by atoms with Crippen LogP contribution >= 0.6 is 22.6 Å². The Morgan fingerprint density at radius 1 is 1.32 bits per heavy atom. The number of rotatable bonds is 5. The fourth-order valence-electron chi connectivity index (χ4n) is 1.53. The molecule has 0 heterocycles. The van der Waals surface area contributed by atoms with E-state index in [4.69, 9.17) is 5.11 Å². The van der Waals surface area contributed by atoms with Crippen molar-refractivity contribution in [2.45, 2.75) is 26.3 Å². The van der Waals surface area contributed by atoms with Crippen molar-refractivity contribution in [3.63, 3.8) is 0 Å². The number of carbonyl (C=O) groups is 2. The van der Waals surface area contributed by atoms with E-state index >= 15 is 0 Å². The second-order valence-corrected chi connectivity index (χ2v) is 5.69. The van der Waals surface area contributed by atoms with E-state index in [1.165, 1.54) is 0 Å². The number of carboxylic acids is 1. The van der Waals surface area contributed by atoms with Crippen LogP contribution in [-0.2, 0) is 4.79 Å². The molecule has 104 valence electrons. The van der Waals surface area contributed by atoms with Crippen LogP contribution in [0.5, 0.6) is 0 Å². The molecule has 0 bridgehead atoms. The van der Waals surface area contributed by atoms with Crippen molar-refractivity contribution in [2.24, 2.45) is 5.92 Å². The maximum absolute atomic E-state index is 11.8. The molecular weight excluding hydrogens is 359 g/mol. The first-order valence-corrected chi connectivity index (χ1v) is 7.02. The third-order valence-corrected chi connectivity index (χ3v) is 3.58. The highest BCUT2D eigenvalue weighted by Crippen LogP contribution is 2.17. The number of para-hydroxylation sites is 1. The molecule has 1 aromatic carbocycles. The summed E-state index contributed by atoms with van der Waals surface area (Å²) in [4.78, 5) is 22.6. The van der Waals surface area contributed by atoms with Crippen LogP contribution in [0.2, 0.25) is 0 Å². The van der Waals surface area contributed by atoms with Crippen LogP contribution in [0.15, 0.2) is 24.3 Å². The Hall–Kier alpha value is -1.31. The molecule has 2 amide bonds. The summed E-state index contributed by atoms with van der Waals surface area (Å²) in [5.74, 6) is -0.870. The molecule has 19 heavy (non-hydrogen) atoms. The van der Waals surface area contributed by atoms with Gasteiger partial charge in [0, 0.05) is 9.61 Å². The number of amides is 2. The summed E-state index contributed by atoms with van der Waals surface area (Å²) in [7, 11) is 0. The van der Waals surface area contributed by atoms with E-state index in [0.29, 0.717) is 5.69 Å². The zero-order chi connectivity index (χ0) is 14.4. The lowest BCUT2D eigenvalue weighted by Gasteiger charge is -2.21. The molecule has 1 rings (SSSR count). The van der Waals surface area contributed by atoms with Gasteiger partial charge in [0.15, 0.2) is 0 Å². The second-order valence-electron chi connectivity index (χ2n) is 4.53. The largest absolute Gasteiger partial charge is 0.481 e. The van der Waals surface area contributed by atoms with Crippen LogP contribution in [0.1, 0.15) is 20.3 Å². The van der Waals surface area contributed by atoms with E-state index in [0.717, 1.165) is 3.57 Å². The van der Waals surface area contributed by atoms with E-state index < -0.39 is 5.97 Å². The number of hydrogen-bond acceptors (Lipinski definition) is 2. The van der Waals surface area contributed by atoms with Gasteiger partial charge in [-0.3, -0.25) is 4.79 Å². The molecule has 1 aromatic rings. The first-order chi connectivity index (χ1) is 8.90. The molecule has 0 fully saturated rings. The van der Waals surface area contributed by atoms with Crippen molar-refractivity contribution in [1.29, 1.82) is 0 Å². The number of carboxylic acid groups (broad SMARTS) is 1. The van der Waals surface area contributed by atoms with Gasteiger partial charge in [0.1, 0.15) is 0 Å². The number of halogens is 1. The number of aliphatic carboxylic acids is 1. The minimum atomic E-state index is -0.923. The summed E-state index contributed by atoms with van der Waals surface area (Å²) in [6.07, 6.45) is -0.0863. The number of hydrogen-bond donors (Lipinski definition) is 3. The summed E-state index contributed by atoms with van der Waals surface area (Å²) in [5.41, 5.74) is 0.707. The minimum absolute atomic E-state index is 0.0525. The zero-order valence-corrected chi connectivity index (χ0v) is 13.0. The molecule has 0 spiro atoms. The third-order valence-electron chi connectivity index (χ3n) is 2.64. The topological polar surface area (TPSA) is 78.4 Å². The maximum Gasteiger partial charge on any atom is 0.319 e. The van der Waals surface area contributed by atoms with E-state index in [9.17, 15) is 9.59 Å². The molecule has 0 aromatic heterocycles. The van der Waals surface area contributed by atoms with Gasteiger partial charge in [0.2, 0.25) is 0 Å². The predicted octanol–water partition coefficient (Wildman–Crippen LogP) is 2.91. The lowest BCUT2D eigenvalue weighted by atomic mass is 10.0. The Kier molecular flexibility index (Phi) is 6.07. The van der Waals surface area contributed by atoms with Gasteiger partial charge in [0.25, 0.3) is 0 Å². The molecule has 0 aliphatic rings. The van der Waals surface area contributed by atoms with Gasteiger partial charge in [-0.25, -0.2) is 4.79 Å². The van der Waals surface area contributed by atoms with Crippen molar-refractivity contribution in [1.82, 2.24) is 5.32 Å². The van der Waals surface area contributed by atoms with Crippen LogP contribution < -0.4 is 10.6 Å². The maximum atomic E-state index is 11.8. The van der Waals surface area contributed by atoms with Crippen LogP contribution in [0, 0.1) is 9.49 Å². The predicted molar refractivity (Wildman–Crippen MR) is 82.2 cm³/mol. The van der Waals surface area contributed by atoms with Crippen molar-refractivity contribution in [3.05, 3.63) is 27.8 Å². The fraction of sp³-hybridized carbons (Fsp3) is 0.385. The van der Waals surface area contributed by atoms with Crippen molar-refractivity contribution >= 4 is 40.3 Å². The van der Waals surface area contributed by atoms with Crippen LogP contribution in [0.25, 0.3) is 0 Å². The van der Waals surface area contributed by atoms with Gasteiger partial charge in [-0.1, -0.05) is 26.0 Å². The van der Waals surface area contributed by atoms with Crippen molar-refractivity contribution < 1.29 is 14.7 Å². The van der Waals surface area contributed by atoms with Crippen LogP contribution in [0.4, 0.5) is 10.5 Å². The zero-order valence-electron chi connectivity index (χ0n) is 10.8. The average molecular weight is 376 g/mol. The SMILES string of the molecule is CC(C)C(CC(=O)O)NC(=O)Nc1ccccc1I. The highest BCUT2D eigenvalue weighted by atomic mass is 127. The van der Waals surface area contributed by atoms with Gasteiger partial charge < -0.3 is 15.7 Å². The molecule has 1 unspecified atom stereocenters. The summed E-state index contributed by atoms with van der Waals surface area (Å²) in [5, 5.41) is 14.2. The Morgan fingerprint density at radius 3 is 2.47 bits per heavy atom. The minimum Gasteiger partial charge on any atom is -0.481 e. The van der Waals surface area contributed by atoms with E-state index in [1.807, 2.05) is 32.0 Å². The van der Waals surface area contributed by atoms with Gasteiger partial charge in [-0.2, -0.15) is 0 Å². The molecule has 5 nitrogen and oxygen atoms in total. The Balaban J connectivity index is 2.63. The first kappa shape index (κ1) is 15.7.